The van der Waals surface area contributed by atoms with Crippen molar-refractivity contribution in [3.8, 4) is 0 Å². The van der Waals surface area contributed by atoms with E-state index in [2.05, 4.69) is 15.6 Å². The molecule has 21 heavy (non-hydrogen) atoms. The Morgan fingerprint density at radius 3 is 2.67 bits per heavy atom. The molecule has 5 nitrogen and oxygen atoms in total. The fraction of sp³-hybridized carbons (Fsp3) is 0.625. The second-order valence-electron chi connectivity index (χ2n) is 6.40. The number of nitrogens with one attached hydrogen (secondary N) is 2. The van der Waals surface area contributed by atoms with Gasteiger partial charge in [0.1, 0.15) is 0 Å². The maximum atomic E-state index is 11.8. The number of carbonyl (C=O) groups is 1. The Balaban J connectivity index is 2.28. The zero-order valence-corrected chi connectivity index (χ0v) is 13.4. The molecule has 3 N–H and O–H groups in total. The number of urea groups is 1. The predicted molar refractivity (Wildman–Crippen MR) is 84.0 cm³/mol. The van der Waals surface area contributed by atoms with Gasteiger partial charge in [0.25, 0.3) is 0 Å². The van der Waals surface area contributed by atoms with Crippen LogP contribution in [0.4, 0.5) is 4.79 Å². The van der Waals surface area contributed by atoms with Gasteiger partial charge in [-0.15, -0.1) is 0 Å². The maximum Gasteiger partial charge on any atom is 0.314 e. The molecule has 5 heteroatoms. The van der Waals surface area contributed by atoms with Crippen LogP contribution >= 0.6 is 0 Å². The third kappa shape index (κ3) is 6.12. The molecule has 0 aliphatic carbocycles. The number of aliphatic hydroxyl groups is 1. The Morgan fingerprint density at radius 1 is 1.38 bits per heavy atom. The Kier molecular flexibility index (Phi) is 6.62. The molecule has 118 valence electrons. The van der Waals surface area contributed by atoms with Crippen molar-refractivity contribution in [3.05, 3.63) is 30.1 Å². The lowest BCUT2D eigenvalue weighted by atomic mass is 9.81. The molecular formula is C16H27N3O2. The van der Waals surface area contributed by atoms with E-state index in [1.165, 1.54) is 0 Å². The van der Waals surface area contributed by atoms with Crippen LogP contribution in [0.25, 0.3) is 0 Å². The maximum absolute atomic E-state index is 11.8. The minimum absolute atomic E-state index is 0.162. The van der Waals surface area contributed by atoms with Gasteiger partial charge in [-0.25, -0.2) is 4.79 Å². The lowest BCUT2D eigenvalue weighted by Gasteiger charge is -2.33. The molecule has 0 fully saturated rings. The highest BCUT2D eigenvalue weighted by Crippen LogP contribution is 2.24. The van der Waals surface area contributed by atoms with E-state index >= 15 is 0 Å². The summed E-state index contributed by atoms with van der Waals surface area (Å²) in [6.45, 7) is 8.84. The molecule has 0 radical (unpaired) electrons. The first-order valence-corrected chi connectivity index (χ1v) is 7.41. The van der Waals surface area contributed by atoms with Gasteiger partial charge in [0, 0.05) is 30.9 Å². The molecule has 0 saturated carbocycles. The van der Waals surface area contributed by atoms with Gasteiger partial charge in [-0.2, -0.15) is 0 Å². The van der Waals surface area contributed by atoms with Crippen LogP contribution in [0.15, 0.2) is 24.5 Å². The van der Waals surface area contributed by atoms with E-state index in [1.54, 1.807) is 12.4 Å². The van der Waals surface area contributed by atoms with Gasteiger partial charge in [0.2, 0.25) is 0 Å². The Morgan fingerprint density at radius 2 is 2.10 bits per heavy atom. The van der Waals surface area contributed by atoms with Crippen LogP contribution < -0.4 is 10.6 Å². The lowest BCUT2D eigenvalue weighted by molar-refractivity contribution is 0.0151. The first-order chi connectivity index (χ1) is 9.83. The van der Waals surface area contributed by atoms with E-state index in [-0.39, 0.29) is 17.4 Å². The number of aliphatic hydroxyl groups excluding tert-OH is 1. The SMILES string of the molecule is CC(C)[C@H](O)C(C)(C)CNC(=O)NCCc1cccnc1. The average Bonchev–Trinajstić information content (AvgIpc) is 2.45. The largest absolute Gasteiger partial charge is 0.392 e. The summed E-state index contributed by atoms with van der Waals surface area (Å²) in [5, 5.41) is 15.7. The van der Waals surface area contributed by atoms with Gasteiger partial charge < -0.3 is 15.7 Å². The van der Waals surface area contributed by atoms with Gasteiger partial charge in [-0.05, 0) is 24.0 Å². The molecule has 1 aromatic heterocycles. The summed E-state index contributed by atoms with van der Waals surface area (Å²) >= 11 is 0. The van der Waals surface area contributed by atoms with E-state index in [9.17, 15) is 9.90 Å². The van der Waals surface area contributed by atoms with Crippen molar-refractivity contribution in [2.45, 2.75) is 40.2 Å². The molecule has 0 aliphatic rings. The summed E-state index contributed by atoms with van der Waals surface area (Å²) in [5.41, 5.74) is 0.739. The highest BCUT2D eigenvalue weighted by atomic mass is 16.3. The fourth-order valence-corrected chi connectivity index (χ4v) is 2.24. The zero-order chi connectivity index (χ0) is 15.9. The summed E-state index contributed by atoms with van der Waals surface area (Å²) in [5.74, 6) is 0.162. The van der Waals surface area contributed by atoms with Crippen LogP contribution in [0.2, 0.25) is 0 Å². The van der Waals surface area contributed by atoms with E-state index < -0.39 is 6.10 Å². The molecule has 1 atom stereocenters. The minimum atomic E-state index is -0.451. The van der Waals surface area contributed by atoms with Crippen molar-refractivity contribution in [3.63, 3.8) is 0 Å². The molecule has 1 heterocycles. The van der Waals surface area contributed by atoms with E-state index in [0.717, 1.165) is 12.0 Å². The normalized spacial score (nSPS) is 13.0. The molecule has 0 aromatic carbocycles. The summed E-state index contributed by atoms with van der Waals surface area (Å²) in [7, 11) is 0. The van der Waals surface area contributed by atoms with Crippen LogP contribution in [0.1, 0.15) is 33.3 Å². The van der Waals surface area contributed by atoms with Crippen molar-refractivity contribution >= 4 is 6.03 Å². The third-order valence-corrected chi connectivity index (χ3v) is 3.56. The van der Waals surface area contributed by atoms with Crippen molar-refractivity contribution in [2.75, 3.05) is 13.1 Å². The van der Waals surface area contributed by atoms with Crippen molar-refractivity contribution < 1.29 is 9.90 Å². The molecule has 0 unspecified atom stereocenters. The molecule has 0 aliphatic heterocycles. The fourth-order valence-electron chi connectivity index (χ4n) is 2.24. The number of carbonyl (C=O) groups excluding carboxylic acids is 1. The zero-order valence-electron chi connectivity index (χ0n) is 13.4. The Hall–Kier alpha value is -1.62. The molecular weight excluding hydrogens is 266 g/mol. The van der Waals surface area contributed by atoms with Crippen LogP contribution in [0.5, 0.6) is 0 Å². The predicted octanol–water partition coefficient (Wildman–Crippen LogP) is 1.97. The van der Waals surface area contributed by atoms with Crippen LogP contribution in [0.3, 0.4) is 0 Å². The number of pyridine rings is 1. The first-order valence-electron chi connectivity index (χ1n) is 7.41. The number of hydrogen-bond donors (Lipinski definition) is 3. The van der Waals surface area contributed by atoms with Crippen molar-refractivity contribution in [1.82, 2.24) is 15.6 Å². The number of aromatic nitrogens is 1. The molecule has 1 rings (SSSR count). The molecule has 2 amide bonds. The monoisotopic (exact) mass is 293 g/mol. The van der Waals surface area contributed by atoms with Crippen molar-refractivity contribution in [2.24, 2.45) is 11.3 Å². The van der Waals surface area contributed by atoms with E-state index in [4.69, 9.17) is 0 Å². The molecule has 0 spiro atoms. The third-order valence-electron chi connectivity index (χ3n) is 3.56. The number of nitrogens with zero attached hydrogens (tertiary/aromatic N) is 1. The van der Waals surface area contributed by atoms with Crippen molar-refractivity contribution in [1.29, 1.82) is 0 Å². The second-order valence-corrected chi connectivity index (χ2v) is 6.40. The first kappa shape index (κ1) is 17.4. The highest BCUT2D eigenvalue weighted by Gasteiger charge is 2.30. The van der Waals surface area contributed by atoms with Gasteiger partial charge in [-0.3, -0.25) is 4.98 Å². The molecule has 0 saturated heterocycles. The lowest BCUT2D eigenvalue weighted by Crippen LogP contribution is -2.46. The summed E-state index contributed by atoms with van der Waals surface area (Å²) in [4.78, 5) is 15.8. The van der Waals surface area contributed by atoms with Crippen LogP contribution in [-0.4, -0.2) is 35.3 Å². The average molecular weight is 293 g/mol. The summed E-state index contributed by atoms with van der Waals surface area (Å²) in [6.07, 6.45) is 3.82. The number of rotatable bonds is 7. The molecule has 1 aromatic rings. The topological polar surface area (TPSA) is 74.2 Å². The van der Waals surface area contributed by atoms with Gasteiger partial charge in [-0.1, -0.05) is 33.8 Å². The minimum Gasteiger partial charge on any atom is -0.392 e. The van der Waals surface area contributed by atoms with E-state index in [1.807, 2.05) is 39.8 Å². The van der Waals surface area contributed by atoms with E-state index in [0.29, 0.717) is 13.1 Å². The summed E-state index contributed by atoms with van der Waals surface area (Å²) in [6, 6.07) is 3.66. The molecule has 0 bridgehead atoms. The van der Waals surface area contributed by atoms with Gasteiger partial charge in [0.15, 0.2) is 0 Å². The second kappa shape index (κ2) is 7.98. The Bertz CT molecular complexity index is 432. The highest BCUT2D eigenvalue weighted by molar-refractivity contribution is 5.73. The standard InChI is InChI=1S/C16H27N3O2/c1-12(2)14(20)16(3,4)11-19-15(21)18-9-7-13-6-5-8-17-10-13/h5-6,8,10,12,14,20H,7,9,11H2,1-4H3,(H2,18,19,21)/t14-/m0/s1. The van der Waals surface area contributed by atoms with Gasteiger partial charge >= 0.3 is 6.03 Å². The van der Waals surface area contributed by atoms with Crippen LogP contribution in [-0.2, 0) is 6.42 Å². The number of amides is 2. The number of hydrogen-bond acceptors (Lipinski definition) is 3. The quantitative estimate of drug-likeness (QED) is 0.719. The smallest absolute Gasteiger partial charge is 0.314 e. The van der Waals surface area contributed by atoms with Gasteiger partial charge in [0.05, 0.1) is 6.10 Å². The summed E-state index contributed by atoms with van der Waals surface area (Å²) < 4.78 is 0. The Labute approximate surface area is 127 Å². The van der Waals surface area contributed by atoms with Crippen LogP contribution in [0, 0.1) is 11.3 Å².